The Hall–Kier alpha value is -1.46. The average molecular weight is 256 g/mol. The van der Waals surface area contributed by atoms with Gasteiger partial charge >= 0.3 is 6.09 Å². The number of piperazine rings is 1. The molecule has 6 heteroatoms. The summed E-state index contributed by atoms with van der Waals surface area (Å²) in [7, 11) is 0. The van der Waals surface area contributed by atoms with Crippen LogP contribution in [0.4, 0.5) is 4.79 Å². The molecule has 0 aromatic rings. The molecule has 0 aromatic heterocycles. The highest BCUT2D eigenvalue weighted by molar-refractivity contribution is 5.78. The number of carbonyl (C=O) groups excluding carboxylic acids is 1. The first-order chi connectivity index (χ1) is 8.33. The second kappa shape index (κ2) is 5.93. The van der Waals surface area contributed by atoms with Gasteiger partial charge in [-0.05, 0) is 27.7 Å². The molecule has 104 valence electrons. The fraction of sp³-hybridized carbons (Fsp3) is 0.833. The van der Waals surface area contributed by atoms with Gasteiger partial charge in [0.2, 0.25) is 0 Å². The maximum absolute atomic E-state index is 11.8. The van der Waals surface area contributed by atoms with Gasteiger partial charge in [0, 0.05) is 32.7 Å². The Kier molecular flexibility index (Phi) is 4.81. The molecule has 1 saturated heterocycles. The van der Waals surface area contributed by atoms with Crippen LogP contribution in [0.2, 0.25) is 0 Å². The standard InChI is InChI=1S/C12H24N4O2/c1-5-14-10(13)15-6-8-16(9-7-15)11(17)18-12(2,3)4/h5-9H2,1-4H3,(H2,13,14). The van der Waals surface area contributed by atoms with Crippen LogP contribution in [-0.2, 0) is 4.74 Å². The number of amides is 1. The van der Waals surface area contributed by atoms with E-state index < -0.39 is 5.60 Å². The summed E-state index contributed by atoms with van der Waals surface area (Å²) in [6.07, 6.45) is -0.256. The van der Waals surface area contributed by atoms with Crippen LogP contribution in [0.5, 0.6) is 0 Å². The SMILES string of the molecule is CCN=C(N)N1CCN(C(=O)OC(C)(C)C)CC1. The molecule has 1 aliphatic rings. The monoisotopic (exact) mass is 256 g/mol. The topological polar surface area (TPSA) is 71.2 Å². The van der Waals surface area contributed by atoms with Gasteiger partial charge in [-0.2, -0.15) is 0 Å². The molecule has 2 N–H and O–H groups in total. The Morgan fingerprint density at radius 3 is 2.17 bits per heavy atom. The van der Waals surface area contributed by atoms with Crippen molar-refractivity contribution in [2.45, 2.75) is 33.3 Å². The first kappa shape index (κ1) is 14.6. The largest absolute Gasteiger partial charge is 0.444 e. The number of nitrogens with zero attached hydrogens (tertiary/aromatic N) is 3. The van der Waals surface area contributed by atoms with Crippen LogP contribution in [0.3, 0.4) is 0 Å². The van der Waals surface area contributed by atoms with Gasteiger partial charge in [0.25, 0.3) is 0 Å². The van der Waals surface area contributed by atoms with Gasteiger partial charge in [-0.15, -0.1) is 0 Å². The van der Waals surface area contributed by atoms with Crippen LogP contribution in [0, 0.1) is 0 Å². The van der Waals surface area contributed by atoms with E-state index in [0.29, 0.717) is 38.7 Å². The Bertz CT molecular complexity index is 315. The smallest absolute Gasteiger partial charge is 0.410 e. The molecule has 1 fully saturated rings. The zero-order valence-corrected chi connectivity index (χ0v) is 11.8. The van der Waals surface area contributed by atoms with Crippen molar-refractivity contribution in [3.05, 3.63) is 0 Å². The van der Waals surface area contributed by atoms with Gasteiger partial charge in [-0.25, -0.2) is 4.79 Å². The summed E-state index contributed by atoms with van der Waals surface area (Å²) in [5.74, 6) is 0.557. The molecule has 1 amide bonds. The Morgan fingerprint density at radius 1 is 1.22 bits per heavy atom. The van der Waals surface area contributed by atoms with E-state index in [1.165, 1.54) is 0 Å². The summed E-state index contributed by atoms with van der Waals surface area (Å²) in [6.45, 7) is 10.9. The van der Waals surface area contributed by atoms with Crippen molar-refractivity contribution in [3.63, 3.8) is 0 Å². The highest BCUT2D eigenvalue weighted by Crippen LogP contribution is 2.11. The lowest BCUT2D eigenvalue weighted by atomic mass is 10.2. The van der Waals surface area contributed by atoms with Gasteiger partial charge in [-0.3, -0.25) is 4.99 Å². The third kappa shape index (κ3) is 4.43. The van der Waals surface area contributed by atoms with Crippen LogP contribution in [-0.4, -0.2) is 60.2 Å². The van der Waals surface area contributed by atoms with Crippen LogP contribution in [0.15, 0.2) is 4.99 Å². The molecule has 0 unspecified atom stereocenters. The zero-order valence-electron chi connectivity index (χ0n) is 11.8. The van der Waals surface area contributed by atoms with Gasteiger partial charge in [0.15, 0.2) is 5.96 Å². The fourth-order valence-electron chi connectivity index (χ4n) is 1.71. The molecule has 1 rings (SSSR count). The highest BCUT2D eigenvalue weighted by Gasteiger charge is 2.26. The van der Waals surface area contributed by atoms with E-state index in [1.807, 2.05) is 32.6 Å². The minimum atomic E-state index is -0.448. The maximum atomic E-state index is 11.8. The molecule has 0 aromatic carbocycles. The molecule has 0 bridgehead atoms. The first-order valence-electron chi connectivity index (χ1n) is 6.36. The van der Waals surface area contributed by atoms with E-state index in [4.69, 9.17) is 10.5 Å². The van der Waals surface area contributed by atoms with E-state index in [2.05, 4.69) is 4.99 Å². The Morgan fingerprint density at radius 2 is 1.72 bits per heavy atom. The van der Waals surface area contributed by atoms with Crippen molar-refractivity contribution in [3.8, 4) is 0 Å². The Balaban J connectivity index is 2.44. The molecule has 0 saturated carbocycles. The van der Waals surface area contributed by atoms with Gasteiger partial charge in [0.1, 0.15) is 5.60 Å². The molecule has 0 spiro atoms. The van der Waals surface area contributed by atoms with E-state index in [-0.39, 0.29) is 6.09 Å². The summed E-state index contributed by atoms with van der Waals surface area (Å²) >= 11 is 0. The van der Waals surface area contributed by atoms with Crippen molar-refractivity contribution < 1.29 is 9.53 Å². The number of hydrogen-bond donors (Lipinski definition) is 1. The summed E-state index contributed by atoms with van der Waals surface area (Å²) < 4.78 is 5.33. The molecule has 0 radical (unpaired) electrons. The average Bonchev–Trinajstić information content (AvgIpc) is 2.27. The lowest BCUT2D eigenvalue weighted by Gasteiger charge is -2.36. The van der Waals surface area contributed by atoms with E-state index in [9.17, 15) is 4.79 Å². The Labute approximate surface area is 109 Å². The van der Waals surface area contributed by atoms with Gasteiger partial charge < -0.3 is 20.3 Å². The second-order valence-corrected chi connectivity index (χ2v) is 5.29. The maximum Gasteiger partial charge on any atom is 0.410 e. The molecule has 0 atom stereocenters. The molecular weight excluding hydrogens is 232 g/mol. The third-order valence-electron chi connectivity index (χ3n) is 2.58. The van der Waals surface area contributed by atoms with Crippen molar-refractivity contribution in [2.75, 3.05) is 32.7 Å². The van der Waals surface area contributed by atoms with Crippen LogP contribution in [0.25, 0.3) is 0 Å². The number of aliphatic imine (C=N–C) groups is 1. The summed E-state index contributed by atoms with van der Waals surface area (Å²) in [6, 6.07) is 0. The van der Waals surface area contributed by atoms with E-state index in [1.54, 1.807) is 4.90 Å². The van der Waals surface area contributed by atoms with Crippen molar-refractivity contribution in [2.24, 2.45) is 10.7 Å². The van der Waals surface area contributed by atoms with E-state index >= 15 is 0 Å². The molecule has 1 aliphatic heterocycles. The van der Waals surface area contributed by atoms with Crippen molar-refractivity contribution >= 4 is 12.1 Å². The van der Waals surface area contributed by atoms with Gasteiger partial charge in [0.05, 0.1) is 0 Å². The first-order valence-corrected chi connectivity index (χ1v) is 6.36. The second-order valence-electron chi connectivity index (χ2n) is 5.29. The zero-order chi connectivity index (χ0) is 13.8. The van der Waals surface area contributed by atoms with Crippen molar-refractivity contribution in [1.82, 2.24) is 9.80 Å². The minimum Gasteiger partial charge on any atom is -0.444 e. The number of carbonyl (C=O) groups is 1. The van der Waals surface area contributed by atoms with Crippen LogP contribution in [0.1, 0.15) is 27.7 Å². The minimum absolute atomic E-state index is 0.256. The summed E-state index contributed by atoms with van der Waals surface area (Å²) in [5.41, 5.74) is 5.38. The lowest BCUT2D eigenvalue weighted by Crippen LogP contribution is -2.53. The molecule has 6 nitrogen and oxygen atoms in total. The highest BCUT2D eigenvalue weighted by atomic mass is 16.6. The van der Waals surface area contributed by atoms with Crippen molar-refractivity contribution in [1.29, 1.82) is 0 Å². The van der Waals surface area contributed by atoms with Crippen LogP contribution < -0.4 is 5.73 Å². The summed E-state index contributed by atoms with van der Waals surface area (Å²) in [4.78, 5) is 19.7. The number of rotatable bonds is 1. The lowest BCUT2D eigenvalue weighted by molar-refractivity contribution is 0.0186. The molecule has 1 heterocycles. The molecular formula is C12H24N4O2. The fourth-order valence-corrected chi connectivity index (χ4v) is 1.71. The number of ether oxygens (including phenoxy) is 1. The molecule has 0 aliphatic carbocycles. The van der Waals surface area contributed by atoms with Gasteiger partial charge in [-0.1, -0.05) is 0 Å². The normalized spacial score (nSPS) is 17.9. The van der Waals surface area contributed by atoms with Crippen LogP contribution >= 0.6 is 0 Å². The summed E-state index contributed by atoms with van der Waals surface area (Å²) in [5, 5.41) is 0. The quantitative estimate of drug-likeness (QED) is 0.558. The predicted octanol–water partition coefficient (Wildman–Crippen LogP) is 0.874. The third-order valence-corrected chi connectivity index (χ3v) is 2.58. The molecule has 18 heavy (non-hydrogen) atoms. The predicted molar refractivity (Wildman–Crippen MR) is 71.5 cm³/mol. The number of nitrogens with two attached hydrogens (primary N) is 1. The number of guanidine groups is 1. The number of hydrogen-bond acceptors (Lipinski definition) is 3. The van der Waals surface area contributed by atoms with E-state index in [0.717, 1.165) is 0 Å².